The Morgan fingerprint density at radius 1 is 0.932 bits per heavy atom. The monoisotopic (exact) mass is 623 g/mol. The first-order chi connectivity index (χ1) is 21.0. The first-order valence-corrected chi connectivity index (χ1v) is 15.8. The van der Waals surface area contributed by atoms with Crippen molar-refractivity contribution >= 4 is 33.7 Å². The number of sulfone groups is 1. The zero-order chi connectivity index (χ0) is 31.9. The summed E-state index contributed by atoms with van der Waals surface area (Å²) in [5.41, 5.74) is 1.42. The van der Waals surface area contributed by atoms with Crippen LogP contribution in [-0.2, 0) is 24.2 Å². The summed E-state index contributed by atoms with van der Waals surface area (Å²) in [6, 6.07) is 15.2. The largest absolute Gasteiger partial charge is 0.481 e. The van der Waals surface area contributed by atoms with Crippen LogP contribution in [0.25, 0.3) is 22.6 Å². The van der Waals surface area contributed by atoms with Gasteiger partial charge in [-0.25, -0.2) is 23.2 Å². The fourth-order valence-electron chi connectivity index (χ4n) is 4.60. The predicted molar refractivity (Wildman–Crippen MR) is 159 cm³/mol. The zero-order valence-electron chi connectivity index (χ0n) is 24.3. The molecule has 232 valence electrons. The highest BCUT2D eigenvalue weighted by molar-refractivity contribution is 7.90. The van der Waals surface area contributed by atoms with Crippen LogP contribution in [-0.4, -0.2) is 102 Å². The second-order valence-corrected chi connectivity index (χ2v) is 12.1. The van der Waals surface area contributed by atoms with Gasteiger partial charge in [0.05, 0.1) is 17.2 Å². The Labute approximate surface area is 254 Å². The lowest BCUT2D eigenvalue weighted by molar-refractivity contribution is -0.138. The quantitative estimate of drug-likeness (QED) is 0.341. The Bertz CT molecular complexity index is 1620. The van der Waals surface area contributed by atoms with E-state index in [1.54, 1.807) is 43.3 Å². The van der Waals surface area contributed by atoms with Crippen LogP contribution in [0.2, 0.25) is 0 Å². The van der Waals surface area contributed by atoms with E-state index in [-0.39, 0.29) is 62.0 Å². The second kappa shape index (κ2) is 14.1. The number of nitrogens with one attached hydrogen (secondary N) is 1. The third kappa shape index (κ3) is 8.16. The van der Waals surface area contributed by atoms with Gasteiger partial charge in [-0.3, -0.25) is 14.4 Å². The van der Waals surface area contributed by atoms with Gasteiger partial charge in [0, 0.05) is 50.0 Å². The van der Waals surface area contributed by atoms with Crippen LogP contribution in [0, 0.1) is 0 Å². The van der Waals surface area contributed by atoms with Gasteiger partial charge in [0.2, 0.25) is 5.91 Å². The predicted octanol–water partition coefficient (Wildman–Crippen LogP) is 2.48. The average molecular weight is 624 g/mol. The lowest BCUT2D eigenvalue weighted by atomic mass is 10.1. The SMILES string of the molecule is CCOC(=O)N1CCN(C(=O)C(CCC(=O)O)NC(=O)c2cc(-c3ccc(S(C)(=O)=O)cc3)nc(-c3ccccc3)n2)CC1. The van der Waals surface area contributed by atoms with E-state index >= 15 is 0 Å². The van der Waals surface area contributed by atoms with Gasteiger partial charge in [-0.15, -0.1) is 0 Å². The molecule has 1 unspecified atom stereocenters. The van der Waals surface area contributed by atoms with Crippen LogP contribution in [0.15, 0.2) is 65.6 Å². The van der Waals surface area contributed by atoms with Crippen molar-refractivity contribution in [3.05, 3.63) is 66.4 Å². The topological polar surface area (TPSA) is 176 Å². The highest BCUT2D eigenvalue weighted by atomic mass is 32.2. The van der Waals surface area contributed by atoms with Crippen molar-refractivity contribution in [2.45, 2.75) is 30.7 Å². The molecule has 1 saturated heterocycles. The van der Waals surface area contributed by atoms with Crippen molar-refractivity contribution in [1.29, 1.82) is 0 Å². The van der Waals surface area contributed by atoms with Crippen molar-refractivity contribution in [2.75, 3.05) is 39.0 Å². The standard InChI is InChI=1S/C30H33N5O8S/c1-3-43-30(40)35-17-15-34(16-18-35)29(39)23(13-14-26(36)37)33-28(38)25-19-24(20-9-11-22(12-10-20)44(2,41)42)31-27(32-25)21-7-5-4-6-8-21/h4-12,19,23H,3,13-18H2,1-2H3,(H,33,38)(H,36,37). The van der Waals surface area contributed by atoms with Gasteiger partial charge >= 0.3 is 12.1 Å². The van der Waals surface area contributed by atoms with Crippen LogP contribution < -0.4 is 5.32 Å². The Hall–Kier alpha value is -4.85. The van der Waals surface area contributed by atoms with Crippen molar-refractivity contribution in [2.24, 2.45) is 0 Å². The first-order valence-electron chi connectivity index (χ1n) is 13.9. The number of carbonyl (C=O) groups is 4. The molecule has 0 aliphatic carbocycles. The maximum atomic E-state index is 13.6. The van der Waals surface area contributed by atoms with E-state index in [1.807, 2.05) is 6.07 Å². The number of hydrogen-bond donors (Lipinski definition) is 2. The molecule has 1 aromatic heterocycles. The number of carboxylic acid groups (broad SMARTS) is 1. The van der Waals surface area contributed by atoms with Crippen molar-refractivity contribution < 1.29 is 37.4 Å². The number of hydrogen-bond acceptors (Lipinski definition) is 9. The fourth-order valence-corrected chi connectivity index (χ4v) is 5.23. The van der Waals surface area contributed by atoms with E-state index in [1.165, 1.54) is 28.0 Å². The summed E-state index contributed by atoms with van der Waals surface area (Å²) in [5.74, 6) is -2.09. The number of rotatable bonds is 10. The number of carbonyl (C=O) groups excluding carboxylic acids is 3. The molecule has 1 aliphatic rings. The molecule has 0 radical (unpaired) electrons. The Balaban J connectivity index is 1.61. The molecule has 2 N–H and O–H groups in total. The third-order valence-electron chi connectivity index (χ3n) is 6.94. The summed E-state index contributed by atoms with van der Waals surface area (Å²) in [4.78, 5) is 62.6. The molecule has 0 spiro atoms. The average Bonchev–Trinajstić information content (AvgIpc) is 3.02. The highest BCUT2D eigenvalue weighted by Crippen LogP contribution is 2.24. The maximum Gasteiger partial charge on any atom is 0.409 e. The molecule has 1 fully saturated rings. The molecular weight excluding hydrogens is 590 g/mol. The summed E-state index contributed by atoms with van der Waals surface area (Å²) in [6.45, 7) is 2.78. The van der Waals surface area contributed by atoms with Crippen LogP contribution in [0.5, 0.6) is 0 Å². The fraction of sp³-hybridized carbons (Fsp3) is 0.333. The molecule has 1 aliphatic heterocycles. The smallest absolute Gasteiger partial charge is 0.409 e. The molecule has 3 aromatic rings. The maximum absolute atomic E-state index is 13.6. The molecule has 0 bridgehead atoms. The summed E-state index contributed by atoms with van der Waals surface area (Å²) >= 11 is 0. The summed E-state index contributed by atoms with van der Waals surface area (Å²) in [6.07, 6.45) is 0.102. The molecular formula is C30H33N5O8S. The van der Waals surface area contributed by atoms with Crippen LogP contribution in [0.4, 0.5) is 4.79 Å². The highest BCUT2D eigenvalue weighted by Gasteiger charge is 2.31. The number of amides is 3. The molecule has 4 rings (SSSR count). The number of aromatic nitrogens is 2. The van der Waals surface area contributed by atoms with E-state index in [9.17, 15) is 32.7 Å². The minimum absolute atomic E-state index is 0.0682. The molecule has 44 heavy (non-hydrogen) atoms. The van der Waals surface area contributed by atoms with Gasteiger partial charge in [-0.2, -0.15) is 0 Å². The lowest BCUT2D eigenvalue weighted by Gasteiger charge is -2.35. The van der Waals surface area contributed by atoms with Gasteiger partial charge in [-0.05, 0) is 31.5 Å². The lowest BCUT2D eigenvalue weighted by Crippen LogP contribution is -2.56. The zero-order valence-corrected chi connectivity index (χ0v) is 25.1. The number of carboxylic acids is 1. The molecule has 13 nitrogen and oxygen atoms in total. The van der Waals surface area contributed by atoms with E-state index in [4.69, 9.17) is 4.74 Å². The minimum Gasteiger partial charge on any atom is -0.481 e. The Morgan fingerprint density at radius 2 is 1.57 bits per heavy atom. The van der Waals surface area contributed by atoms with E-state index in [0.29, 0.717) is 16.8 Å². The van der Waals surface area contributed by atoms with Crippen molar-refractivity contribution in [3.63, 3.8) is 0 Å². The molecule has 0 saturated carbocycles. The van der Waals surface area contributed by atoms with Crippen LogP contribution >= 0.6 is 0 Å². The van der Waals surface area contributed by atoms with Gasteiger partial charge in [-0.1, -0.05) is 42.5 Å². The van der Waals surface area contributed by atoms with Gasteiger partial charge in [0.15, 0.2) is 15.7 Å². The Morgan fingerprint density at radius 3 is 2.16 bits per heavy atom. The summed E-state index contributed by atoms with van der Waals surface area (Å²) < 4.78 is 28.9. The molecule has 3 amide bonds. The van der Waals surface area contributed by atoms with Crippen molar-refractivity contribution in [1.82, 2.24) is 25.1 Å². The van der Waals surface area contributed by atoms with Crippen LogP contribution in [0.3, 0.4) is 0 Å². The molecule has 2 aromatic carbocycles. The van der Waals surface area contributed by atoms with Crippen LogP contribution in [0.1, 0.15) is 30.3 Å². The van der Waals surface area contributed by atoms with Gasteiger partial charge in [0.1, 0.15) is 11.7 Å². The minimum atomic E-state index is -3.43. The van der Waals surface area contributed by atoms with Crippen molar-refractivity contribution in [3.8, 4) is 22.6 Å². The number of benzene rings is 2. The summed E-state index contributed by atoms with van der Waals surface area (Å²) in [5, 5.41) is 12.0. The first kappa shape index (κ1) is 32.1. The molecule has 2 heterocycles. The summed E-state index contributed by atoms with van der Waals surface area (Å²) in [7, 11) is -3.43. The molecule has 14 heteroatoms. The Kier molecular flexibility index (Phi) is 10.3. The van der Waals surface area contributed by atoms with E-state index < -0.39 is 39.8 Å². The number of nitrogens with zero attached hydrogens (tertiary/aromatic N) is 4. The van der Waals surface area contributed by atoms with E-state index in [0.717, 1.165) is 6.26 Å². The van der Waals surface area contributed by atoms with E-state index in [2.05, 4.69) is 15.3 Å². The molecule has 1 atom stereocenters. The third-order valence-corrected chi connectivity index (χ3v) is 8.07. The number of ether oxygens (including phenoxy) is 1. The normalized spacial score (nSPS) is 14.0. The number of aliphatic carboxylic acids is 1. The van der Waals surface area contributed by atoms with Gasteiger partial charge < -0.3 is 25.0 Å². The second-order valence-electron chi connectivity index (χ2n) is 10.1. The number of piperazine rings is 1. The van der Waals surface area contributed by atoms with Gasteiger partial charge in [0.25, 0.3) is 5.91 Å².